The Morgan fingerprint density at radius 3 is 2.57 bits per heavy atom. The van der Waals surface area contributed by atoms with Gasteiger partial charge in [-0.15, -0.1) is 11.3 Å². The van der Waals surface area contributed by atoms with Gasteiger partial charge in [0.25, 0.3) is 0 Å². The molecule has 0 spiro atoms. The van der Waals surface area contributed by atoms with E-state index in [1.165, 1.54) is 22.2 Å². The summed E-state index contributed by atoms with van der Waals surface area (Å²) in [5, 5.41) is 1.63. The lowest BCUT2D eigenvalue weighted by Crippen LogP contribution is -2.42. The molecule has 1 unspecified atom stereocenters. The molecule has 28 heavy (non-hydrogen) atoms. The molecule has 3 aromatic rings. The van der Waals surface area contributed by atoms with Crippen LogP contribution in [0.25, 0.3) is 10.2 Å². The smallest absolute Gasteiger partial charge is 0.240 e. The Bertz CT molecular complexity index is 998. The van der Waals surface area contributed by atoms with Crippen LogP contribution in [0.1, 0.15) is 27.1 Å². The van der Waals surface area contributed by atoms with Gasteiger partial charge in [-0.25, -0.2) is 9.97 Å². The summed E-state index contributed by atoms with van der Waals surface area (Å²) in [4.78, 5) is 26.9. The summed E-state index contributed by atoms with van der Waals surface area (Å²) >= 11 is 3.23. The number of rotatable bonds is 4. The highest BCUT2D eigenvalue weighted by molar-refractivity contribution is 8.00. The number of morpholine rings is 1. The molecule has 1 aliphatic heterocycles. The molecule has 0 bridgehead atoms. The number of carbonyl (C=O) groups excluding carboxylic acids is 1. The van der Waals surface area contributed by atoms with E-state index in [4.69, 9.17) is 9.72 Å². The Labute approximate surface area is 173 Å². The van der Waals surface area contributed by atoms with E-state index >= 15 is 0 Å². The van der Waals surface area contributed by atoms with Crippen molar-refractivity contribution in [2.24, 2.45) is 0 Å². The number of thiophene rings is 1. The van der Waals surface area contributed by atoms with Crippen LogP contribution in [0.3, 0.4) is 0 Å². The molecular formula is C21H23N3O2S2. The molecule has 3 heterocycles. The van der Waals surface area contributed by atoms with Crippen LogP contribution in [0.15, 0.2) is 35.4 Å². The summed E-state index contributed by atoms with van der Waals surface area (Å²) in [6.07, 6.45) is 0. The van der Waals surface area contributed by atoms with Crippen molar-refractivity contribution in [3.63, 3.8) is 0 Å². The molecule has 7 heteroatoms. The Morgan fingerprint density at radius 1 is 1.14 bits per heavy atom. The van der Waals surface area contributed by atoms with Crippen LogP contribution in [0.2, 0.25) is 0 Å². The van der Waals surface area contributed by atoms with Gasteiger partial charge in [0, 0.05) is 23.4 Å². The summed E-state index contributed by atoms with van der Waals surface area (Å²) in [6.45, 7) is 8.59. The van der Waals surface area contributed by atoms with Crippen molar-refractivity contribution in [2.75, 3.05) is 26.3 Å². The van der Waals surface area contributed by atoms with Gasteiger partial charge in [0.2, 0.25) is 5.91 Å². The van der Waals surface area contributed by atoms with Crippen molar-refractivity contribution >= 4 is 39.2 Å². The number of aryl methyl sites for hydroxylation is 3. The van der Waals surface area contributed by atoms with E-state index in [9.17, 15) is 4.79 Å². The molecular weight excluding hydrogens is 390 g/mol. The molecule has 0 saturated carbocycles. The van der Waals surface area contributed by atoms with Crippen molar-refractivity contribution in [1.82, 2.24) is 14.9 Å². The number of hydrogen-bond donors (Lipinski definition) is 0. The molecule has 0 radical (unpaired) electrons. The van der Waals surface area contributed by atoms with Gasteiger partial charge in [0.05, 0.1) is 13.2 Å². The monoisotopic (exact) mass is 413 g/mol. The number of nitrogens with zero attached hydrogens (tertiary/aromatic N) is 3. The maximum atomic E-state index is 13.4. The van der Waals surface area contributed by atoms with Crippen LogP contribution < -0.4 is 0 Å². The van der Waals surface area contributed by atoms with Crippen LogP contribution in [0.5, 0.6) is 0 Å². The van der Waals surface area contributed by atoms with Crippen molar-refractivity contribution in [3.05, 3.63) is 52.2 Å². The molecule has 0 N–H and O–H groups in total. The normalized spacial score (nSPS) is 15.8. The van der Waals surface area contributed by atoms with E-state index in [0.717, 1.165) is 26.6 Å². The summed E-state index contributed by atoms with van der Waals surface area (Å²) in [5.74, 6) is 0.857. The van der Waals surface area contributed by atoms with E-state index in [2.05, 4.69) is 18.8 Å². The molecule has 1 atom stereocenters. The average Bonchev–Trinajstić information content (AvgIpc) is 3.00. The molecule has 1 saturated heterocycles. The fourth-order valence-corrected chi connectivity index (χ4v) is 5.81. The van der Waals surface area contributed by atoms with Crippen molar-refractivity contribution in [1.29, 1.82) is 0 Å². The Balaban J connectivity index is 1.76. The predicted octanol–water partition coefficient (Wildman–Crippen LogP) is 4.31. The van der Waals surface area contributed by atoms with Crippen molar-refractivity contribution in [2.45, 2.75) is 31.0 Å². The van der Waals surface area contributed by atoms with Gasteiger partial charge in [0.15, 0.2) is 0 Å². The van der Waals surface area contributed by atoms with Crippen molar-refractivity contribution < 1.29 is 9.53 Å². The maximum absolute atomic E-state index is 13.4. The number of ether oxygens (including phenoxy) is 1. The summed E-state index contributed by atoms with van der Waals surface area (Å²) < 4.78 is 5.43. The number of hydrogen-bond acceptors (Lipinski definition) is 6. The van der Waals surface area contributed by atoms with E-state index < -0.39 is 0 Å². The number of benzene rings is 1. The van der Waals surface area contributed by atoms with Crippen LogP contribution in [0, 0.1) is 20.8 Å². The highest BCUT2D eigenvalue weighted by Crippen LogP contribution is 2.42. The van der Waals surface area contributed by atoms with Crippen LogP contribution in [-0.2, 0) is 9.53 Å². The SMILES string of the molecule is Cc1nc(SC(C(=O)N2CCOCC2)c2ccccc2)c2c(C)c(C)sc2n1. The third-order valence-electron chi connectivity index (χ3n) is 4.99. The predicted molar refractivity (Wildman–Crippen MR) is 114 cm³/mol. The van der Waals surface area contributed by atoms with Crippen LogP contribution >= 0.6 is 23.1 Å². The fraction of sp³-hybridized carbons (Fsp3) is 0.381. The van der Waals surface area contributed by atoms with Gasteiger partial charge in [0.1, 0.15) is 20.9 Å². The largest absolute Gasteiger partial charge is 0.378 e. The topological polar surface area (TPSA) is 55.3 Å². The second-order valence-corrected chi connectivity index (χ2v) is 9.18. The number of aromatic nitrogens is 2. The molecule has 2 aromatic heterocycles. The molecule has 146 valence electrons. The second kappa shape index (κ2) is 8.19. The minimum Gasteiger partial charge on any atom is -0.378 e. The fourth-order valence-electron chi connectivity index (χ4n) is 3.35. The van der Waals surface area contributed by atoms with E-state index in [-0.39, 0.29) is 11.2 Å². The molecule has 4 rings (SSSR count). The number of carbonyl (C=O) groups is 1. The standard InChI is InChI=1S/C21H23N3O2S2/c1-13-14(2)27-19-17(13)20(23-15(3)22-19)28-18(16-7-5-4-6-8-16)21(25)24-9-11-26-12-10-24/h4-8,18H,9-12H2,1-3H3. The zero-order valence-electron chi connectivity index (χ0n) is 16.3. The Kier molecular flexibility index (Phi) is 5.66. The highest BCUT2D eigenvalue weighted by atomic mass is 32.2. The molecule has 1 amide bonds. The van der Waals surface area contributed by atoms with Gasteiger partial charge in [-0.1, -0.05) is 42.1 Å². The van der Waals surface area contributed by atoms with Crippen LogP contribution in [-0.4, -0.2) is 47.1 Å². The average molecular weight is 414 g/mol. The summed E-state index contributed by atoms with van der Waals surface area (Å²) in [5.41, 5.74) is 2.20. The second-order valence-electron chi connectivity index (χ2n) is 6.89. The lowest BCUT2D eigenvalue weighted by atomic mass is 10.1. The minimum atomic E-state index is -0.337. The van der Waals surface area contributed by atoms with Gasteiger partial charge in [-0.3, -0.25) is 4.79 Å². The molecule has 1 aliphatic rings. The van der Waals surface area contributed by atoms with Gasteiger partial charge in [-0.2, -0.15) is 0 Å². The third-order valence-corrected chi connectivity index (χ3v) is 7.32. The third kappa shape index (κ3) is 3.79. The first-order chi connectivity index (χ1) is 13.5. The first-order valence-corrected chi connectivity index (χ1v) is 11.1. The highest BCUT2D eigenvalue weighted by Gasteiger charge is 2.30. The zero-order valence-corrected chi connectivity index (χ0v) is 17.9. The molecule has 5 nitrogen and oxygen atoms in total. The maximum Gasteiger partial charge on any atom is 0.240 e. The van der Waals surface area contributed by atoms with Crippen molar-refractivity contribution in [3.8, 4) is 0 Å². The molecule has 0 aliphatic carbocycles. The first kappa shape index (κ1) is 19.4. The van der Waals surface area contributed by atoms with Gasteiger partial charge in [-0.05, 0) is 31.9 Å². The number of amides is 1. The van der Waals surface area contributed by atoms with E-state index in [1.54, 1.807) is 11.3 Å². The lowest BCUT2D eigenvalue weighted by molar-refractivity contribution is -0.134. The number of fused-ring (bicyclic) bond motifs is 1. The number of thioether (sulfide) groups is 1. The van der Waals surface area contributed by atoms with E-state index in [1.807, 2.05) is 42.2 Å². The molecule has 1 aromatic carbocycles. The quantitative estimate of drug-likeness (QED) is 0.471. The van der Waals surface area contributed by atoms with Gasteiger partial charge >= 0.3 is 0 Å². The van der Waals surface area contributed by atoms with Gasteiger partial charge < -0.3 is 9.64 Å². The Hall–Kier alpha value is -1.96. The minimum absolute atomic E-state index is 0.119. The van der Waals surface area contributed by atoms with E-state index in [0.29, 0.717) is 26.3 Å². The summed E-state index contributed by atoms with van der Waals surface area (Å²) in [7, 11) is 0. The first-order valence-electron chi connectivity index (χ1n) is 9.37. The molecule has 1 fully saturated rings. The Morgan fingerprint density at radius 2 is 1.86 bits per heavy atom. The summed E-state index contributed by atoms with van der Waals surface area (Å²) in [6, 6.07) is 9.98. The lowest BCUT2D eigenvalue weighted by Gasteiger charge is -2.30. The van der Waals surface area contributed by atoms with Crippen LogP contribution in [0.4, 0.5) is 0 Å². The zero-order chi connectivity index (χ0) is 19.7.